The van der Waals surface area contributed by atoms with Crippen LogP contribution in [0.3, 0.4) is 0 Å². The zero-order valence-corrected chi connectivity index (χ0v) is 9.95. The Balaban J connectivity index is 2.20. The van der Waals surface area contributed by atoms with Crippen molar-refractivity contribution in [3.05, 3.63) is 30.1 Å². The molecule has 5 heteroatoms. The molecule has 4 nitrogen and oxygen atoms in total. The lowest BCUT2D eigenvalue weighted by molar-refractivity contribution is 0.320. The zero-order valence-electron chi connectivity index (χ0n) is 9.95. The quantitative estimate of drug-likeness (QED) is 0.449. The molecule has 0 aliphatic carbocycles. The van der Waals surface area contributed by atoms with E-state index in [1.165, 1.54) is 12.1 Å². The Morgan fingerprint density at radius 2 is 2.35 bits per heavy atom. The van der Waals surface area contributed by atoms with Crippen molar-refractivity contribution < 1.29 is 9.13 Å². The van der Waals surface area contributed by atoms with Gasteiger partial charge in [0.15, 0.2) is 5.96 Å². The predicted molar refractivity (Wildman–Crippen MR) is 66.7 cm³/mol. The second-order valence-electron chi connectivity index (χ2n) is 3.50. The number of hydrogen-bond acceptors (Lipinski definition) is 2. The number of halogens is 1. The van der Waals surface area contributed by atoms with Crippen LogP contribution in [0, 0.1) is 5.82 Å². The van der Waals surface area contributed by atoms with Gasteiger partial charge in [0.05, 0.1) is 6.54 Å². The van der Waals surface area contributed by atoms with Gasteiger partial charge in [0.25, 0.3) is 0 Å². The van der Waals surface area contributed by atoms with Crippen molar-refractivity contribution >= 4 is 5.96 Å². The minimum absolute atomic E-state index is 0.306. The van der Waals surface area contributed by atoms with E-state index in [9.17, 15) is 4.39 Å². The molecule has 0 aliphatic heterocycles. The summed E-state index contributed by atoms with van der Waals surface area (Å²) in [6, 6.07) is 6.03. The Hall–Kier alpha value is -1.78. The lowest BCUT2D eigenvalue weighted by Gasteiger charge is -2.07. The molecule has 0 radical (unpaired) electrons. The fourth-order valence-corrected chi connectivity index (χ4v) is 1.19. The van der Waals surface area contributed by atoms with Gasteiger partial charge in [-0.2, -0.15) is 0 Å². The first-order valence-electron chi connectivity index (χ1n) is 5.64. The van der Waals surface area contributed by atoms with Gasteiger partial charge in [0.1, 0.15) is 18.2 Å². The summed E-state index contributed by atoms with van der Waals surface area (Å²) in [5.74, 6) is 0.616. The highest BCUT2D eigenvalue weighted by Gasteiger charge is 1.96. The van der Waals surface area contributed by atoms with Gasteiger partial charge >= 0.3 is 0 Å². The highest BCUT2D eigenvalue weighted by molar-refractivity contribution is 5.77. The third-order valence-electron chi connectivity index (χ3n) is 1.98. The minimum atomic E-state index is -0.306. The van der Waals surface area contributed by atoms with Crippen molar-refractivity contribution in [3.8, 4) is 5.75 Å². The molecule has 0 unspecified atom stereocenters. The second kappa shape index (κ2) is 7.49. The molecule has 0 heterocycles. The molecule has 94 valence electrons. The van der Waals surface area contributed by atoms with Gasteiger partial charge in [-0.3, -0.25) is 4.99 Å². The summed E-state index contributed by atoms with van der Waals surface area (Å²) in [4.78, 5) is 4.07. The first kappa shape index (κ1) is 13.3. The van der Waals surface area contributed by atoms with Crippen LogP contribution in [0.25, 0.3) is 0 Å². The standard InChI is InChI=1S/C12H18FN3O/c1-2-6-15-12(14)16-7-8-17-11-5-3-4-10(13)9-11/h3-5,9H,2,6-8H2,1H3,(H3,14,15,16). The zero-order chi connectivity index (χ0) is 12.5. The number of guanidine groups is 1. The fourth-order valence-electron chi connectivity index (χ4n) is 1.19. The Bertz CT molecular complexity index is 369. The summed E-state index contributed by atoms with van der Waals surface area (Å²) in [5, 5.41) is 2.91. The Morgan fingerprint density at radius 3 is 3.06 bits per heavy atom. The van der Waals surface area contributed by atoms with E-state index in [0.717, 1.165) is 6.42 Å². The fraction of sp³-hybridized carbons (Fsp3) is 0.417. The molecular formula is C12H18FN3O. The van der Waals surface area contributed by atoms with E-state index in [1.807, 2.05) is 6.92 Å². The number of hydrogen-bond donors (Lipinski definition) is 2. The maximum Gasteiger partial charge on any atom is 0.188 e. The molecule has 0 spiro atoms. The first-order valence-corrected chi connectivity index (χ1v) is 5.64. The molecule has 3 N–H and O–H groups in total. The molecule has 0 saturated heterocycles. The van der Waals surface area contributed by atoms with Crippen LogP contribution < -0.4 is 15.8 Å². The smallest absolute Gasteiger partial charge is 0.188 e. The number of nitrogens with two attached hydrogens (primary N) is 1. The number of nitrogens with one attached hydrogen (secondary N) is 1. The third-order valence-corrected chi connectivity index (χ3v) is 1.98. The Morgan fingerprint density at radius 1 is 1.53 bits per heavy atom. The van der Waals surface area contributed by atoms with E-state index >= 15 is 0 Å². The topological polar surface area (TPSA) is 59.6 Å². The van der Waals surface area contributed by atoms with Crippen LogP contribution in [0.5, 0.6) is 5.75 Å². The molecule has 0 amide bonds. The first-order chi connectivity index (χ1) is 8.22. The van der Waals surface area contributed by atoms with Crippen molar-refractivity contribution in [3.63, 3.8) is 0 Å². The molecule has 0 atom stereocenters. The van der Waals surface area contributed by atoms with E-state index < -0.39 is 0 Å². The minimum Gasteiger partial charge on any atom is -0.492 e. The number of benzene rings is 1. The number of rotatable bonds is 6. The van der Waals surface area contributed by atoms with Crippen molar-refractivity contribution in [1.29, 1.82) is 0 Å². The van der Waals surface area contributed by atoms with Crippen molar-refractivity contribution in [2.75, 3.05) is 19.7 Å². The molecule has 0 saturated carbocycles. The van der Waals surface area contributed by atoms with Crippen LogP contribution in [0.4, 0.5) is 4.39 Å². The van der Waals surface area contributed by atoms with Gasteiger partial charge in [-0.15, -0.1) is 0 Å². The van der Waals surface area contributed by atoms with Gasteiger partial charge in [0.2, 0.25) is 0 Å². The Labute approximate surface area is 101 Å². The van der Waals surface area contributed by atoms with Crippen LogP contribution in [-0.4, -0.2) is 25.7 Å². The predicted octanol–water partition coefficient (Wildman–Crippen LogP) is 1.52. The monoisotopic (exact) mass is 239 g/mol. The van der Waals surface area contributed by atoms with Gasteiger partial charge < -0.3 is 15.8 Å². The highest BCUT2D eigenvalue weighted by Crippen LogP contribution is 2.11. The molecular weight excluding hydrogens is 221 g/mol. The summed E-state index contributed by atoms with van der Waals surface area (Å²) >= 11 is 0. The molecule has 1 rings (SSSR count). The summed E-state index contributed by atoms with van der Waals surface area (Å²) in [5.41, 5.74) is 5.59. The van der Waals surface area contributed by atoms with Gasteiger partial charge in [0, 0.05) is 12.6 Å². The Kier molecular flexibility index (Phi) is 5.85. The second-order valence-corrected chi connectivity index (χ2v) is 3.50. The normalized spacial score (nSPS) is 11.3. The number of aliphatic imine (C=N–C) groups is 1. The van der Waals surface area contributed by atoms with E-state index in [4.69, 9.17) is 10.5 Å². The van der Waals surface area contributed by atoms with Crippen LogP contribution in [-0.2, 0) is 0 Å². The van der Waals surface area contributed by atoms with E-state index in [2.05, 4.69) is 10.3 Å². The van der Waals surface area contributed by atoms with Gasteiger partial charge in [-0.05, 0) is 18.6 Å². The lowest BCUT2D eigenvalue weighted by Crippen LogP contribution is -2.34. The van der Waals surface area contributed by atoms with Crippen molar-refractivity contribution in [2.24, 2.45) is 10.7 Å². The average Bonchev–Trinajstić information content (AvgIpc) is 2.32. The van der Waals surface area contributed by atoms with E-state index in [-0.39, 0.29) is 5.82 Å². The van der Waals surface area contributed by atoms with Crippen LogP contribution >= 0.6 is 0 Å². The van der Waals surface area contributed by atoms with Gasteiger partial charge in [-0.1, -0.05) is 13.0 Å². The van der Waals surface area contributed by atoms with Crippen molar-refractivity contribution in [2.45, 2.75) is 13.3 Å². The van der Waals surface area contributed by atoms with E-state index in [0.29, 0.717) is 31.4 Å². The third kappa shape index (κ3) is 5.75. The molecule has 1 aromatic rings. The molecule has 0 fully saturated rings. The van der Waals surface area contributed by atoms with Crippen LogP contribution in [0.2, 0.25) is 0 Å². The molecule has 0 aromatic heterocycles. The van der Waals surface area contributed by atoms with Gasteiger partial charge in [-0.25, -0.2) is 4.39 Å². The maximum atomic E-state index is 12.8. The largest absolute Gasteiger partial charge is 0.492 e. The summed E-state index contributed by atoms with van der Waals surface area (Å²) in [6.07, 6.45) is 0.960. The lowest BCUT2D eigenvalue weighted by atomic mass is 10.3. The number of nitrogens with zero attached hydrogens (tertiary/aromatic N) is 1. The number of ether oxygens (including phenoxy) is 1. The SMILES string of the molecule is CCCN=C(N)NCCOc1cccc(F)c1. The summed E-state index contributed by atoms with van der Waals surface area (Å²) in [6.45, 7) is 3.69. The molecule has 17 heavy (non-hydrogen) atoms. The van der Waals surface area contributed by atoms with Crippen LogP contribution in [0.1, 0.15) is 13.3 Å². The molecule has 0 bridgehead atoms. The average molecular weight is 239 g/mol. The van der Waals surface area contributed by atoms with E-state index in [1.54, 1.807) is 12.1 Å². The molecule has 0 aliphatic rings. The maximum absolute atomic E-state index is 12.8. The molecule has 1 aromatic carbocycles. The van der Waals surface area contributed by atoms with Crippen molar-refractivity contribution in [1.82, 2.24) is 5.32 Å². The summed E-state index contributed by atoms with van der Waals surface area (Å²) in [7, 11) is 0. The summed E-state index contributed by atoms with van der Waals surface area (Å²) < 4.78 is 18.1. The van der Waals surface area contributed by atoms with Crippen LogP contribution in [0.15, 0.2) is 29.3 Å². The highest BCUT2D eigenvalue weighted by atomic mass is 19.1.